The highest BCUT2D eigenvalue weighted by molar-refractivity contribution is 6.04. The molecule has 0 amide bonds. The van der Waals surface area contributed by atoms with Crippen LogP contribution in [0.15, 0.2) is 91.0 Å². The fourth-order valence-corrected chi connectivity index (χ4v) is 4.18. The number of hydrogen-bond donors (Lipinski definition) is 0. The van der Waals surface area contributed by atoms with Crippen LogP contribution in [0.4, 0.5) is 0 Å². The number of pyridine rings is 2. The van der Waals surface area contributed by atoms with Gasteiger partial charge in [-0.05, 0) is 31.5 Å². The van der Waals surface area contributed by atoms with Gasteiger partial charge in [0, 0.05) is 27.6 Å². The van der Waals surface area contributed by atoms with E-state index in [4.69, 9.17) is 24.9 Å². The molecule has 162 valence electrons. The van der Waals surface area contributed by atoms with Gasteiger partial charge in [0.2, 0.25) is 0 Å². The summed E-state index contributed by atoms with van der Waals surface area (Å²) in [7, 11) is 0. The van der Waals surface area contributed by atoms with Crippen molar-refractivity contribution in [2.24, 2.45) is 0 Å². The van der Waals surface area contributed by atoms with Crippen molar-refractivity contribution in [2.75, 3.05) is 0 Å². The highest BCUT2D eigenvalue weighted by Crippen LogP contribution is 2.29. The Balaban J connectivity index is 1.62. The molecule has 0 saturated carbocycles. The van der Waals surface area contributed by atoms with Crippen molar-refractivity contribution in [3.05, 3.63) is 102 Å². The molecule has 0 radical (unpaired) electrons. The second kappa shape index (κ2) is 8.12. The third-order valence-corrected chi connectivity index (χ3v) is 5.91. The number of aromatic nitrogens is 5. The zero-order valence-electron chi connectivity index (χ0n) is 18.9. The lowest BCUT2D eigenvalue weighted by atomic mass is 10.0. The zero-order valence-corrected chi connectivity index (χ0v) is 18.9. The van der Waals surface area contributed by atoms with E-state index in [1.807, 2.05) is 79.7 Å². The molecular formula is C29H21N5. The van der Waals surface area contributed by atoms with E-state index in [9.17, 15) is 0 Å². The summed E-state index contributed by atoms with van der Waals surface area (Å²) in [5.41, 5.74) is 6.39. The van der Waals surface area contributed by atoms with Crippen LogP contribution in [0.1, 0.15) is 11.3 Å². The Morgan fingerprint density at radius 2 is 1.09 bits per heavy atom. The maximum Gasteiger partial charge on any atom is 0.182 e. The average molecular weight is 440 g/mol. The van der Waals surface area contributed by atoms with Crippen LogP contribution in [0.25, 0.3) is 56.1 Å². The van der Waals surface area contributed by atoms with Gasteiger partial charge >= 0.3 is 0 Å². The number of rotatable bonds is 3. The van der Waals surface area contributed by atoms with Gasteiger partial charge in [-0.25, -0.2) is 19.9 Å². The Labute approximate surface area is 197 Å². The van der Waals surface area contributed by atoms with Gasteiger partial charge in [-0.3, -0.25) is 4.98 Å². The molecule has 0 atom stereocenters. The molecule has 5 heteroatoms. The quantitative estimate of drug-likeness (QED) is 0.291. The van der Waals surface area contributed by atoms with E-state index in [1.165, 1.54) is 0 Å². The van der Waals surface area contributed by atoms with E-state index in [2.05, 4.69) is 25.1 Å². The van der Waals surface area contributed by atoms with E-state index < -0.39 is 0 Å². The Hall–Kier alpha value is -4.51. The third kappa shape index (κ3) is 3.57. The second-order valence-corrected chi connectivity index (χ2v) is 8.35. The summed E-state index contributed by atoms with van der Waals surface area (Å²) in [6.45, 7) is 4.09. The van der Waals surface area contributed by atoms with Crippen molar-refractivity contribution in [1.29, 1.82) is 0 Å². The molecule has 0 aliphatic carbocycles. The molecule has 3 heterocycles. The van der Waals surface area contributed by atoms with E-state index in [-0.39, 0.29) is 0 Å². The van der Waals surface area contributed by atoms with E-state index in [0.29, 0.717) is 23.2 Å². The molecule has 3 aromatic heterocycles. The molecular weight excluding hydrogens is 418 g/mol. The fourth-order valence-electron chi connectivity index (χ4n) is 4.18. The van der Waals surface area contributed by atoms with Crippen molar-refractivity contribution < 1.29 is 0 Å². The zero-order chi connectivity index (χ0) is 23.1. The minimum absolute atomic E-state index is 0.544. The van der Waals surface area contributed by atoms with Gasteiger partial charge in [-0.2, -0.15) is 0 Å². The lowest BCUT2D eigenvalue weighted by molar-refractivity contribution is 1.06. The number of aryl methyl sites for hydroxylation is 2. The second-order valence-electron chi connectivity index (χ2n) is 8.35. The first-order valence-corrected chi connectivity index (χ1v) is 11.2. The van der Waals surface area contributed by atoms with Crippen molar-refractivity contribution in [2.45, 2.75) is 13.8 Å². The molecule has 0 N–H and O–H groups in total. The van der Waals surface area contributed by atoms with Gasteiger partial charge in [-0.1, -0.05) is 78.9 Å². The number of hydrogen-bond acceptors (Lipinski definition) is 5. The number of nitrogens with zero attached hydrogens (tertiary/aromatic N) is 5. The minimum atomic E-state index is 0.544. The van der Waals surface area contributed by atoms with E-state index in [1.54, 1.807) is 0 Å². The van der Waals surface area contributed by atoms with Gasteiger partial charge in [0.05, 0.1) is 11.0 Å². The summed E-state index contributed by atoms with van der Waals surface area (Å²) in [5, 5.41) is 2.14. The molecule has 6 aromatic rings. The third-order valence-electron chi connectivity index (χ3n) is 5.91. The van der Waals surface area contributed by atoms with Gasteiger partial charge in [0.25, 0.3) is 0 Å². The Morgan fingerprint density at radius 3 is 1.74 bits per heavy atom. The normalized spacial score (nSPS) is 11.2. The number of fused-ring (bicyclic) bond motifs is 3. The summed E-state index contributed by atoms with van der Waals surface area (Å²) >= 11 is 0. The first kappa shape index (κ1) is 20.1. The SMILES string of the molecule is Cc1ccc2ccc3c(C)cc(-c4nc(-c5ccccc5)nc(-c5ccccc5)n4)nc3c2n1. The minimum Gasteiger partial charge on any atom is -0.251 e. The monoisotopic (exact) mass is 439 g/mol. The van der Waals surface area contributed by atoms with Crippen LogP contribution in [0.5, 0.6) is 0 Å². The highest BCUT2D eigenvalue weighted by atomic mass is 15.0. The topological polar surface area (TPSA) is 64.5 Å². The summed E-state index contributed by atoms with van der Waals surface area (Å²) in [4.78, 5) is 24.3. The summed E-state index contributed by atoms with van der Waals surface area (Å²) in [5.74, 6) is 1.79. The van der Waals surface area contributed by atoms with Crippen molar-refractivity contribution in [1.82, 2.24) is 24.9 Å². The summed E-state index contributed by atoms with van der Waals surface area (Å²) in [6, 6.07) is 30.3. The Kier molecular flexibility index (Phi) is 4.81. The van der Waals surface area contributed by atoms with Gasteiger partial charge in [-0.15, -0.1) is 0 Å². The van der Waals surface area contributed by atoms with Crippen molar-refractivity contribution >= 4 is 21.8 Å². The molecule has 0 bridgehead atoms. The lowest BCUT2D eigenvalue weighted by Crippen LogP contribution is -2.02. The van der Waals surface area contributed by atoms with Crippen LogP contribution < -0.4 is 0 Å². The Morgan fingerprint density at radius 1 is 0.500 bits per heavy atom. The molecule has 0 aliphatic rings. The average Bonchev–Trinajstić information content (AvgIpc) is 2.89. The standard InChI is InChI=1S/C29H21N5/c1-18-17-24(31-26-23(18)16-15-20-14-13-19(2)30-25(20)26)29-33-27(21-9-5-3-6-10-21)32-28(34-29)22-11-7-4-8-12-22/h3-17H,1-2H3. The van der Waals surface area contributed by atoms with Crippen molar-refractivity contribution in [3.8, 4) is 34.3 Å². The molecule has 5 nitrogen and oxygen atoms in total. The van der Waals surface area contributed by atoms with Crippen LogP contribution in [0, 0.1) is 13.8 Å². The van der Waals surface area contributed by atoms with E-state index in [0.717, 1.165) is 44.2 Å². The predicted octanol–water partition coefficient (Wildman–Crippen LogP) is 6.59. The molecule has 0 saturated heterocycles. The molecule has 34 heavy (non-hydrogen) atoms. The van der Waals surface area contributed by atoms with Crippen LogP contribution in [0.2, 0.25) is 0 Å². The maximum atomic E-state index is 5.03. The summed E-state index contributed by atoms with van der Waals surface area (Å²) in [6.07, 6.45) is 0. The first-order valence-electron chi connectivity index (χ1n) is 11.2. The molecule has 0 spiro atoms. The van der Waals surface area contributed by atoms with E-state index >= 15 is 0 Å². The first-order chi connectivity index (χ1) is 16.7. The highest BCUT2D eigenvalue weighted by Gasteiger charge is 2.15. The molecule has 0 aliphatic heterocycles. The smallest absolute Gasteiger partial charge is 0.182 e. The fraction of sp³-hybridized carbons (Fsp3) is 0.0690. The maximum absolute atomic E-state index is 5.03. The summed E-state index contributed by atoms with van der Waals surface area (Å²) < 4.78 is 0. The van der Waals surface area contributed by atoms with Crippen LogP contribution in [-0.4, -0.2) is 24.9 Å². The molecule has 0 unspecified atom stereocenters. The predicted molar refractivity (Wildman–Crippen MR) is 136 cm³/mol. The molecule has 6 rings (SSSR count). The van der Waals surface area contributed by atoms with Gasteiger partial charge in [0.15, 0.2) is 17.5 Å². The van der Waals surface area contributed by atoms with Gasteiger partial charge < -0.3 is 0 Å². The van der Waals surface area contributed by atoms with Crippen molar-refractivity contribution in [3.63, 3.8) is 0 Å². The van der Waals surface area contributed by atoms with Crippen LogP contribution in [-0.2, 0) is 0 Å². The van der Waals surface area contributed by atoms with Gasteiger partial charge in [0.1, 0.15) is 5.69 Å². The molecule has 0 fully saturated rings. The van der Waals surface area contributed by atoms with Crippen LogP contribution >= 0.6 is 0 Å². The number of benzene rings is 3. The molecule has 3 aromatic carbocycles. The van der Waals surface area contributed by atoms with Crippen LogP contribution in [0.3, 0.4) is 0 Å². The largest absolute Gasteiger partial charge is 0.251 e. The lowest BCUT2D eigenvalue weighted by Gasteiger charge is -2.11. The Bertz CT molecular complexity index is 1600.